The Morgan fingerprint density at radius 2 is 1.97 bits per heavy atom. The van der Waals surface area contributed by atoms with Gasteiger partial charge >= 0.3 is 12.1 Å². The fourth-order valence-corrected chi connectivity index (χ4v) is 3.58. The van der Waals surface area contributed by atoms with Gasteiger partial charge in [-0.25, -0.2) is 14.0 Å². The van der Waals surface area contributed by atoms with E-state index in [0.29, 0.717) is 5.52 Å². The quantitative estimate of drug-likeness (QED) is 0.806. The van der Waals surface area contributed by atoms with Crippen molar-refractivity contribution in [2.24, 2.45) is 0 Å². The topological polar surface area (TPSA) is 118 Å². The van der Waals surface area contributed by atoms with Crippen LogP contribution in [0.25, 0.3) is 10.9 Å². The molecule has 152 valence electrons. The number of carboxylic acid groups (broad SMARTS) is 1. The minimum absolute atomic E-state index is 0.00425. The number of pyridine rings is 1. The van der Waals surface area contributed by atoms with Crippen LogP contribution >= 0.6 is 0 Å². The molecule has 4 rings (SSSR count). The maximum absolute atomic E-state index is 14.9. The summed E-state index contributed by atoms with van der Waals surface area (Å²) in [5.74, 6) is -2.66. The van der Waals surface area contributed by atoms with Crippen molar-refractivity contribution in [3.8, 4) is 0 Å². The van der Waals surface area contributed by atoms with E-state index in [-0.39, 0.29) is 17.1 Å². The predicted molar refractivity (Wildman–Crippen MR) is 99.4 cm³/mol. The van der Waals surface area contributed by atoms with Crippen molar-refractivity contribution in [1.29, 1.82) is 0 Å². The number of carbonyl (C=O) groups is 3. The highest BCUT2D eigenvalue weighted by atomic mass is 19.1. The number of nitrogens with zero attached hydrogens (tertiary/aromatic N) is 2. The minimum atomic E-state index is -1.38. The van der Waals surface area contributed by atoms with Crippen LogP contribution in [0.2, 0.25) is 0 Å². The van der Waals surface area contributed by atoms with Crippen LogP contribution in [-0.4, -0.2) is 39.9 Å². The van der Waals surface area contributed by atoms with Crippen LogP contribution in [0.5, 0.6) is 0 Å². The summed E-state index contributed by atoms with van der Waals surface area (Å²) in [6, 6.07) is 1.61. The number of hydrogen-bond acceptors (Lipinski definition) is 5. The Hall–Kier alpha value is -3.43. The molecule has 1 saturated carbocycles. The molecule has 2 fully saturated rings. The SMILES string of the molecule is CC(=O)N[C@H]1OC(=O)N(c2cc3c(cc2F)c(=O)c(C(=O)O)cn3C2CC2)C1C. The molecule has 1 unspecified atom stereocenters. The van der Waals surface area contributed by atoms with E-state index < -0.39 is 47.0 Å². The van der Waals surface area contributed by atoms with Gasteiger partial charge in [-0.05, 0) is 31.9 Å². The summed E-state index contributed by atoms with van der Waals surface area (Å²) in [7, 11) is 0. The first kappa shape index (κ1) is 18.9. The van der Waals surface area contributed by atoms with Gasteiger partial charge in [0.1, 0.15) is 11.4 Å². The van der Waals surface area contributed by atoms with E-state index in [0.717, 1.165) is 23.8 Å². The van der Waals surface area contributed by atoms with Crippen molar-refractivity contribution in [2.75, 3.05) is 4.90 Å². The van der Waals surface area contributed by atoms with Crippen molar-refractivity contribution in [3.63, 3.8) is 0 Å². The van der Waals surface area contributed by atoms with Gasteiger partial charge in [0.05, 0.1) is 17.2 Å². The first-order chi connectivity index (χ1) is 13.7. The van der Waals surface area contributed by atoms with Gasteiger partial charge in [-0.1, -0.05) is 0 Å². The van der Waals surface area contributed by atoms with Crippen molar-refractivity contribution >= 4 is 34.6 Å². The maximum atomic E-state index is 14.9. The number of carbonyl (C=O) groups excluding carboxylic acids is 2. The van der Waals surface area contributed by atoms with Crippen LogP contribution < -0.4 is 15.6 Å². The summed E-state index contributed by atoms with van der Waals surface area (Å²) in [6.07, 6.45) is 1.08. The summed E-state index contributed by atoms with van der Waals surface area (Å²) >= 11 is 0. The van der Waals surface area contributed by atoms with Crippen LogP contribution in [0.1, 0.15) is 43.1 Å². The van der Waals surface area contributed by atoms with Gasteiger partial charge in [-0.2, -0.15) is 0 Å². The maximum Gasteiger partial charge on any atom is 0.416 e. The lowest BCUT2D eigenvalue weighted by Gasteiger charge is -2.22. The average molecular weight is 403 g/mol. The largest absolute Gasteiger partial charge is 0.477 e. The molecule has 1 aromatic heterocycles. The van der Waals surface area contributed by atoms with Crippen LogP contribution in [0, 0.1) is 5.82 Å². The molecule has 29 heavy (non-hydrogen) atoms. The van der Waals surface area contributed by atoms with Crippen LogP contribution in [-0.2, 0) is 9.53 Å². The second-order valence-electron chi connectivity index (χ2n) is 7.25. The lowest BCUT2D eigenvalue weighted by molar-refractivity contribution is -0.121. The fourth-order valence-electron chi connectivity index (χ4n) is 3.58. The number of halogens is 1. The molecule has 2 amide bonds. The molecule has 10 heteroatoms. The molecule has 2 N–H and O–H groups in total. The Labute approximate surface area is 163 Å². The Balaban J connectivity index is 1.88. The molecule has 1 aliphatic carbocycles. The molecule has 1 saturated heterocycles. The van der Waals surface area contributed by atoms with E-state index in [1.165, 1.54) is 19.2 Å². The lowest BCUT2D eigenvalue weighted by atomic mass is 10.1. The summed E-state index contributed by atoms with van der Waals surface area (Å²) in [4.78, 5) is 48.7. The number of ether oxygens (including phenoxy) is 1. The molecule has 0 radical (unpaired) electrons. The highest BCUT2D eigenvalue weighted by Gasteiger charge is 2.42. The van der Waals surface area contributed by atoms with Crippen LogP contribution in [0.3, 0.4) is 0 Å². The van der Waals surface area contributed by atoms with E-state index in [1.807, 2.05) is 0 Å². The second kappa shape index (κ2) is 6.57. The first-order valence-electron chi connectivity index (χ1n) is 9.07. The zero-order valence-electron chi connectivity index (χ0n) is 15.6. The summed E-state index contributed by atoms with van der Waals surface area (Å²) in [5.41, 5.74) is -0.999. The van der Waals surface area contributed by atoms with E-state index in [9.17, 15) is 28.7 Å². The average Bonchev–Trinajstić information content (AvgIpc) is 3.43. The Morgan fingerprint density at radius 3 is 2.55 bits per heavy atom. The van der Waals surface area contributed by atoms with Crippen molar-refractivity contribution in [2.45, 2.75) is 45.0 Å². The fraction of sp³-hybridized carbons (Fsp3) is 0.368. The number of benzene rings is 1. The molecule has 2 heterocycles. The summed E-state index contributed by atoms with van der Waals surface area (Å²) in [5, 5.41) is 11.7. The Kier molecular flexibility index (Phi) is 4.29. The third-order valence-electron chi connectivity index (χ3n) is 5.15. The number of aromatic carboxylic acids is 1. The number of fused-ring (bicyclic) bond motifs is 1. The molecule has 1 aromatic carbocycles. The summed E-state index contributed by atoms with van der Waals surface area (Å²) < 4.78 is 21.7. The number of amides is 2. The molecule has 0 bridgehead atoms. The third-order valence-corrected chi connectivity index (χ3v) is 5.15. The third kappa shape index (κ3) is 3.10. The van der Waals surface area contributed by atoms with Gasteiger partial charge in [-0.15, -0.1) is 0 Å². The first-order valence-corrected chi connectivity index (χ1v) is 9.07. The molecular weight excluding hydrogens is 385 g/mol. The predicted octanol–water partition coefficient (Wildman–Crippen LogP) is 1.98. The van der Waals surface area contributed by atoms with Crippen molar-refractivity contribution in [3.05, 3.63) is 39.9 Å². The van der Waals surface area contributed by atoms with Gasteiger partial charge in [0, 0.05) is 24.5 Å². The number of rotatable bonds is 4. The Bertz CT molecular complexity index is 1120. The molecule has 0 spiro atoms. The number of anilines is 1. The standard InChI is InChI=1S/C19H18FN3O6/c1-8-17(21-9(2)24)29-19(28)23(8)15-6-14-11(5-13(15)20)16(25)12(18(26)27)7-22(14)10-3-4-10/h5-8,10,17H,3-4H2,1-2H3,(H,21,24)(H,26,27)/t8?,17-/m0/s1. The van der Waals surface area contributed by atoms with E-state index in [4.69, 9.17) is 4.74 Å². The van der Waals surface area contributed by atoms with Gasteiger partial charge in [0.25, 0.3) is 0 Å². The number of cyclic esters (lactones) is 1. The second-order valence-corrected chi connectivity index (χ2v) is 7.25. The molecule has 2 atom stereocenters. The van der Waals surface area contributed by atoms with Crippen LogP contribution in [0.15, 0.2) is 23.1 Å². The zero-order valence-corrected chi connectivity index (χ0v) is 15.6. The number of nitrogens with one attached hydrogen (secondary N) is 1. The van der Waals surface area contributed by atoms with Crippen LogP contribution in [0.4, 0.5) is 14.9 Å². The highest BCUT2D eigenvalue weighted by Crippen LogP contribution is 2.39. The Morgan fingerprint density at radius 1 is 1.28 bits per heavy atom. The number of aromatic nitrogens is 1. The normalized spacial score (nSPS) is 21.3. The molecule has 2 aliphatic rings. The summed E-state index contributed by atoms with van der Waals surface area (Å²) in [6.45, 7) is 2.87. The van der Waals surface area contributed by atoms with E-state index in [1.54, 1.807) is 11.5 Å². The lowest BCUT2D eigenvalue weighted by Crippen LogP contribution is -2.43. The van der Waals surface area contributed by atoms with Gasteiger partial charge < -0.3 is 19.7 Å². The molecular formula is C19H18FN3O6. The van der Waals surface area contributed by atoms with Gasteiger partial charge in [0.15, 0.2) is 6.23 Å². The van der Waals surface area contributed by atoms with Crippen molar-refractivity contribution in [1.82, 2.24) is 9.88 Å². The highest BCUT2D eigenvalue weighted by molar-refractivity contribution is 5.97. The molecule has 9 nitrogen and oxygen atoms in total. The van der Waals surface area contributed by atoms with Crippen molar-refractivity contribution < 1.29 is 28.6 Å². The van der Waals surface area contributed by atoms with Gasteiger partial charge in [-0.3, -0.25) is 14.5 Å². The van der Waals surface area contributed by atoms with Gasteiger partial charge in [0.2, 0.25) is 11.3 Å². The van der Waals surface area contributed by atoms with E-state index >= 15 is 0 Å². The monoisotopic (exact) mass is 403 g/mol. The zero-order chi connectivity index (χ0) is 21.0. The smallest absolute Gasteiger partial charge is 0.416 e. The van der Waals surface area contributed by atoms with E-state index in [2.05, 4.69) is 5.32 Å². The molecule has 2 aromatic rings. The molecule has 1 aliphatic heterocycles. The minimum Gasteiger partial charge on any atom is -0.477 e. The number of carboxylic acids is 1. The number of hydrogen-bond donors (Lipinski definition) is 2.